The molecule has 0 radical (unpaired) electrons. The molecule has 1 fully saturated rings. The molecule has 1 atom stereocenters. The normalized spacial score (nSPS) is 17.6. The summed E-state index contributed by atoms with van der Waals surface area (Å²) in [6.07, 6.45) is 2.97. The molecule has 0 spiro atoms. The number of ether oxygens (including phenoxy) is 2. The Morgan fingerprint density at radius 1 is 1.25 bits per heavy atom. The Morgan fingerprint density at radius 3 is 2.75 bits per heavy atom. The Balaban J connectivity index is 1.56. The molecular weight excluding hydrogens is 306 g/mol. The van der Waals surface area contributed by atoms with Gasteiger partial charge in [-0.05, 0) is 26.0 Å². The van der Waals surface area contributed by atoms with Gasteiger partial charge in [0.05, 0.1) is 25.0 Å². The quantitative estimate of drug-likeness (QED) is 0.859. The second kappa shape index (κ2) is 7.40. The maximum atomic E-state index is 12.5. The zero-order chi connectivity index (χ0) is 16.9. The van der Waals surface area contributed by atoms with Crippen molar-refractivity contribution >= 4 is 5.91 Å². The van der Waals surface area contributed by atoms with Crippen molar-refractivity contribution in [2.75, 3.05) is 26.3 Å². The zero-order valence-corrected chi connectivity index (χ0v) is 13.9. The van der Waals surface area contributed by atoms with E-state index in [4.69, 9.17) is 9.47 Å². The van der Waals surface area contributed by atoms with E-state index in [1.165, 1.54) is 11.8 Å². The summed E-state index contributed by atoms with van der Waals surface area (Å²) in [6.45, 7) is 5.81. The summed E-state index contributed by atoms with van der Waals surface area (Å²) in [5, 5.41) is 0. The van der Waals surface area contributed by atoms with Crippen molar-refractivity contribution in [3.8, 4) is 5.75 Å². The molecule has 1 aliphatic heterocycles. The third-order valence-corrected chi connectivity index (χ3v) is 3.88. The van der Waals surface area contributed by atoms with Gasteiger partial charge >= 0.3 is 0 Å². The van der Waals surface area contributed by atoms with E-state index < -0.39 is 0 Å². The average Bonchev–Trinajstić information content (AvgIpc) is 2.61. The molecule has 6 heteroatoms. The number of aromatic nitrogens is 2. The van der Waals surface area contributed by atoms with Gasteiger partial charge in [-0.25, -0.2) is 4.98 Å². The van der Waals surface area contributed by atoms with E-state index in [1.807, 2.05) is 38.1 Å². The van der Waals surface area contributed by atoms with E-state index in [1.54, 1.807) is 11.1 Å². The van der Waals surface area contributed by atoms with Crippen molar-refractivity contribution in [1.82, 2.24) is 14.9 Å². The molecule has 0 N–H and O–H groups in total. The van der Waals surface area contributed by atoms with Crippen LogP contribution in [0.2, 0.25) is 0 Å². The molecule has 1 unspecified atom stereocenters. The minimum atomic E-state index is -0.151. The molecule has 0 bridgehead atoms. The number of amides is 1. The van der Waals surface area contributed by atoms with Crippen LogP contribution in [0.15, 0.2) is 36.7 Å². The lowest BCUT2D eigenvalue weighted by Crippen LogP contribution is -2.47. The number of hydrogen-bond acceptors (Lipinski definition) is 5. The smallest absolute Gasteiger partial charge is 0.274 e. The fourth-order valence-electron chi connectivity index (χ4n) is 2.49. The van der Waals surface area contributed by atoms with E-state index in [9.17, 15) is 4.79 Å². The fraction of sp³-hybridized carbons (Fsp3) is 0.389. The molecule has 6 nitrogen and oxygen atoms in total. The molecule has 126 valence electrons. The summed E-state index contributed by atoms with van der Waals surface area (Å²) in [7, 11) is 0. The van der Waals surface area contributed by atoms with Crippen LogP contribution in [0.5, 0.6) is 5.75 Å². The SMILES string of the molecule is Cc1ccc(OCC2CN(C(=O)c3cnc(C)cn3)CCO2)cc1. The summed E-state index contributed by atoms with van der Waals surface area (Å²) in [5.74, 6) is 0.684. The van der Waals surface area contributed by atoms with Gasteiger partial charge in [0.1, 0.15) is 24.2 Å². The van der Waals surface area contributed by atoms with E-state index >= 15 is 0 Å². The Bertz CT molecular complexity index is 686. The molecule has 24 heavy (non-hydrogen) atoms. The number of aryl methyl sites for hydroxylation is 2. The van der Waals surface area contributed by atoms with Gasteiger partial charge in [-0.15, -0.1) is 0 Å². The Morgan fingerprint density at radius 2 is 2.04 bits per heavy atom. The molecule has 1 aromatic heterocycles. The first-order chi connectivity index (χ1) is 11.6. The van der Waals surface area contributed by atoms with Gasteiger partial charge in [-0.2, -0.15) is 0 Å². The van der Waals surface area contributed by atoms with Crippen molar-refractivity contribution < 1.29 is 14.3 Å². The summed E-state index contributed by atoms with van der Waals surface area (Å²) >= 11 is 0. The minimum absolute atomic E-state index is 0.119. The van der Waals surface area contributed by atoms with Gasteiger partial charge in [0.25, 0.3) is 5.91 Å². The molecule has 0 aliphatic carbocycles. The maximum Gasteiger partial charge on any atom is 0.274 e. The van der Waals surface area contributed by atoms with Crippen molar-refractivity contribution in [2.24, 2.45) is 0 Å². The van der Waals surface area contributed by atoms with Gasteiger partial charge in [-0.3, -0.25) is 9.78 Å². The first-order valence-electron chi connectivity index (χ1n) is 8.01. The third kappa shape index (κ3) is 4.08. The van der Waals surface area contributed by atoms with Crippen LogP contribution in [0.3, 0.4) is 0 Å². The molecule has 1 aliphatic rings. The highest BCUT2D eigenvalue weighted by Gasteiger charge is 2.26. The van der Waals surface area contributed by atoms with Gasteiger partial charge < -0.3 is 14.4 Å². The average molecular weight is 327 g/mol. The zero-order valence-electron chi connectivity index (χ0n) is 13.9. The monoisotopic (exact) mass is 327 g/mol. The Kier molecular flexibility index (Phi) is 5.05. The molecule has 1 amide bonds. The van der Waals surface area contributed by atoms with Crippen LogP contribution in [0.25, 0.3) is 0 Å². The lowest BCUT2D eigenvalue weighted by atomic mass is 10.2. The predicted octanol–water partition coefficient (Wildman–Crippen LogP) is 2.01. The number of benzene rings is 1. The Labute approximate surface area is 141 Å². The molecule has 2 aromatic rings. The first-order valence-corrected chi connectivity index (χ1v) is 8.01. The van der Waals surface area contributed by atoms with Gasteiger partial charge in [-0.1, -0.05) is 17.7 Å². The number of carbonyl (C=O) groups is 1. The highest BCUT2D eigenvalue weighted by Crippen LogP contribution is 2.14. The van der Waals surface area contributed by atoms with E-state index in [-0.39, 0.29) is 12.0 Å². The van der Waals surface area contributed by atoms with Crippen LogP contribution in [0.4, 0.5) is 0 Å². The van der Waals surface area contributed by atoms with Crippen LogP contribution >= 0.6 is 0 Å². The van der Waals surface area contributed by atoms with E-state index in [0.29, 0.717) is 32.0 Å². The van der Waals surface area contributed by atoms with Gasteiger partial charge in [0.2, 0.25) is 0 Å². The van der Waals surface area contributed by atoms with E-state index in [2.05, 4.69) is 9.97 Å². The molecule has 1 aromatic carbocycles. The standard InChI is InChI=1S/C18H21N3O3/c1-13-3-5-15(6-4-13)24-12-16-11-21(7-8-23-16)18(22)17-10-19-14(2)9-20-17/h3-6,9-10,16H,7-8,11-12H2,1-2H3. The highest BCUT2D eigenvalue weighted by atomic mass is 16.5. The summed E-state index contributed by atoms with van der Waals surface area (Å²) in [6, 6.07) is 7.87. The molecular formula is C18H21N3O3. The maximum absolute atomic E-state index is 12.5. The van der Waals surface area contributed by atoms with Gasteiger partial charge in [0.15, 0.2) is 0 Å². The topological polar surface area (TPSA) is 64.5 Å². The van der Waals surface area contributed by atoms with Crippen LogP contribution in [0.1, 0.15) is 21.7 Å². The number of carbonyl (C=O) groups excluding carboxylic acids is 1. The number of nitrogens with zero attached hydrogens (tertiary/aromatic N) is 3. The third-order valence-electron chi connectivity index (χ3n) is 3.88. The lowest BCUT2D eigenvalue weighted by molar-refractivity contribution is -0.0402. The molecule has 2 heterocycles. The van der Waals surface area contributed by atoms with Crippen molar-refractivity contribution in [2.45, 2.75) is 20.0 Å². The summed E-state index contributed by atoms with van der Waals surface area (Å²) < 4.78 is 11.5. The van der Waals surface area contributed by atoms with Crippen LogP contribution in [-0.4, -0.2) is 53.2 Å². The van der Waals surface area contributed by atoms with Crippen LogP contribution in [0, 0.1) is 13.8 Å². The molecule has 0 saturated carbocycles. The highest BCUT2D eigenvalue weighted by molar-refractivity contribution is 5.92. The van der Waals surface area contributed by atoms with Crippen molar-refractivity contribution in [1.29, 1.82) is 0 Å². The largest absolute Gasteiger partial charge is 0.491 e. The van der Waals surface area contributed by atoms with Crippen molar-refractivity contribution in [3.63, 3.8) is 0 Å². The van der Waals surface area contributed by atoms with Crippen LogP contribution in [-0.2, 0) is 4.74 Å². The second-order valence-electron chi connectivity index (χ2n) is 5.91. The summed E-state index contributed by atoms with van der Waals surface area (Å²) in [4.78, 5) is 22.5. The second-order valence-corrected chi connectivity index (χ2v) is 5.91. The fourth-order valence-corrected chi connectivity index (χ4v) is 2.49. The molecule has 1 saturated heterocycles. The number of rotatable bonds is 4. The first kappa shape index (κ1) is 16.4. The predicted molar refractivity (Wildman–Crippen MR) is 89.1 cm³/mol. The Hall–Kier alpha value is -2.47. The number of hydrogen-bond donors (Lipinski definition) is 0. The number of morpholine rings is 1. The van der Waals surface area contributed by atoms with E-state index in [0.717, 1.165) is 11.4 Å². The lowest BCUT2D eigenvalue weighted by Gasteiger charge is -2.32. The molecule has 3 rings (SSSR count). The van der Waals surface area contributed by atoms with Gasteiger partial charge in [0, 0.05) is 12.7 Å². The minimum Gasteiger partial charge on any atom is -0.491 e. The van der Waals surface area contributed by atoms with Crippen molar-refractivity contribution in [3.05, 3.63) is 53.6 Å². The van der Waals surface area contributed by atoms with Crippen LogP contribution < -0.4 is 4.74 Å². The summed E-state index contributed by atoms with van der Waals surface area (Å²) in [5.41, 5.74) is 2.34.